The van der Waals surface area contributed by atoms with Crippen LogP contribution in [0.15, 0.2) is 30.6 Å². The zero-order valence-corrected chi connectivity index (χ0v) is 13.2. The molecular weight excluding hydrogens is 342 g/mol. The fourth-order valence-corrected chi connectivity index (χ4v) is 2.58. The first kappa shape index (κ1) is 16.9. The summed E-state index contributed by atoms with van der Waals surface area (Å²) in [5.74, 6) is -1.20. The van der Waals surface area contributed by atoms with Crippen LogP contribution in [0.5, 0.6) is 11.5 Å². The summed E-state index contributed by atoms with van der Waals surface area (Å²) in [5.41, 5.74) is 5.52. The van der Waals surface area contributed by atoms with Gasteiger partial charge >= 0.3 is 6.18 Å². The van der Waals surface area contributed by atoms with Crippen molar-refractivity contribution >= 4 is 11.3 Å². The van der Waals surface area contributed by atoms with E-state index in [1.165, 1.54) is 23.8 Å². The van der Waals surface area contributed by atoms with Crippen molar-refractivity contribution in [2.75, 3.05) is 20.0 Å². The molecule has 0 aliphatic carbocycles. The summed E-state index contributed by atoms with van der Waals surface area (Å²) < 4.78 is 64.6. The minimum absolute atomic E-state index is 0.0250. The second kappa shape index (κ2) is 5.83. The standard InChI is InChI=1S/C16H13F4N3O2/c1-24-13-5-14-22-6-12(23(14)7-9(13)16(18,19)20)8-3-10(17)15(25-2)11(21)4-8/h3-7H,21H2,1-2H3. The van der Waals surface area contributed by atoms with Crippen LogP contribution in [-0.4, -0.2) is 23.6 Å². The van der Waals surface area contributed by atoms with E-state index in [1.807, 2.05) is 0 Å². The van der Waals surface area contributed by atoms with Gasteiger partial charge in [0, 0.05) is 17.8 Å². The quantitative estimate of drug-likeness (QED) is 0.574. The van der Waals surface area contributed by atoms with E-state index in [-0.39, 0.29) is 34.1 Å². The molecule has 0 saturated carbocycles. The van der Waals surface area contributed by atoms with Crippen LogP contribution in [0.2, 0.25) is 0 Å². The van der Waals surface area contributed by atoms with Crippen molar-refractivity contribution < 1.29 is 27.0 Å². The predicted octanol–water partition coefficient (Wildman–Crippen LogP) is 3.76. The maximum Gasteiger partial charge on any atom is 0.421 e. The minimum atomic E-state index is -4.62. The number of pyridine rings is 1. The van der Waals surface area contributed by atoms with Crippen molar-refractivity contribution in [3.05, 3.63) is 42.0 Å². The fraction of sp³-hybridized carbons (Fsp3) is 0.188. The van der Waals surface area contributed by atoms with Gasteiger partial charge in [0.15, 0.2) is 11.6 Å². The van der Waals surface area contributed by atoms with Crippen molar-refractivity contribution in [3.8, 4) is 22.8 Å². The number of ether oxygens (including phenoxy) is 2. The van der Waals surface area contributed by atoms with Crippen molar-refractivity contribution in [1.82, 2.24) is 9.38 Å². The van der Waals surface area contributed by atoms with E-state index in [9.17, 15) is 17.6 Å². The van der Waals surface area contributed by atoms with E-state index in [1.54, 1.807) is 0 Å². The number of alkyl halides is 3. The molecule has 0 radical (unpaired) electrons. The number of nitrogen functional groups attached to an aromatic ring is 1. The Kier molecular flexibility index (Phi) is 3.94. The van der Waals surface area contributed by atoms with E-state index in [2.05, 4.69) is 4.98 Å². The molecule has 0 saturated heterocycles. The number of hydrogen-bond donors (Lipinski definition) is 1. The van der Waals surface area contributed by atoms with E-state index in [0.29, 0.717) is 0 Å². The van der Waals surface area contributed by atoms with Gasteiger partial charge in [-0.1, -0.05) is 0 Å². The molecule has 1 aromatic carbocycles. The van der Waals surface area contributed by atoms with Crippen LogP contribution in [0.25, 0.3) is 16.9 Å². The number of halogens is 4. The average molecular weight is 355 g/mol. The van der Waals surface area contributed by atoms with Crippen LogP contribution in [0.3, 0.4) is 0 Å². The number of nitrogens with zero attached hydrogens (tertiary/aromatic N) is 2. The number of fused-ring (bicyclic) bond motifs is 1. The van der Waals surface area contributed by atoms with Crippen molar-refractivity contribution in [2.45, 2.75) is 6.18 Å². The lowest BCUT2D eigenvalue weighted by molar-refractivity contribution is -0.139. The smallest absolute Gasteiger partial charge is 0.421 e. The number of anilines is 1. The molecule has 2 aromatic heterocycles. The minimum Gasteiger partial charge on any atom is -0.496 e. The molecule has 0 spiro atoms. The maximum absolute atomic E-state index is 14.1. The molecule has 9 heteroatoms. The second-order valence-electron chi connectivity index (χ2n) is 5.21. The highest BCUT2D eigenvalue weighted by atomic mass is 19.4. The molecule has 2 N–H and O–H groups in total. The molecule has 3 aromatic rings. The van der Waals surface area contributed by atoms with Gasteiger partial charge in [0.25, 0.3) is 0 Å². The van der Waals surface area contributed by atoms with E-state index >= 15 is 0 Å². The maximum atomic E-state index is 14.1. The largest absolute Gasteiger partial charge is 0.496 e. The number of imidazole rings is 1. The van der Waals surface area contributed by atoms with Crippen LogP contribution in [0.4, 0.5) is 23.2 Å². The molecule has 0 unspecified atom stereocenters. The van der Waals surface area contributed by atoms with Gasteiger partial charge in [0.2, 0.25) is 0 Å². The fourth-order valence-electron chi connectivity index (χ4n) is 2.58. The lowest BCUT2D eigenvalue weighted by atomic mass is 10.1. The van der Waals surface area contributed by atoms with Crippen LogP contribution in [0, 0.1) is 5.82 Å². The summed E-state index contributed by atoms with van der Waals surface area (Å²) in [4.78, 5) is 4.05. The predicted molar refractivity (Wildman–Crippen MR) is 83.1 cm³/mol. The lowest BCUT2D eigenvalue weighted by Gasteiger charge is -2.13. The lowest BCUT2D eigenvalue weighted by Crippen LogP contribution is -2.09. The molecule has 2 heterocycles. The Bertz CT molecular complexity index is 927. The normalized spacial score (nSPS) is 11.8. The number of benzene rings is 1. The van der Waals surface area contributed by atoms with Gasteiger partial charge in [0.1, 0.15) is 17.0 Å². The van der Waals surface area contributed by atoms with Crippen molar-refractivity contribution in [3.63, 3.8) is 0 Å². The molecule has 0 aliphatic heterocycles. The van der Waals surface area contributed by atoms with E-state index < -0.39 is 17.6 Å². The summed E-state index contributed by atoms with van der Waals surface area (Å²) in [6, 6.07) is 3.69. The molecule has 0 amide bonds. The number of aromatic nitrogens is 2. The Morgan fingerprint density at radius 3 is 2.40 bits per heavy atom. The highest BCUT2D eigenvalue weighted by Crippen LogP contribution is 2.38. The van der Waals surface area contributed by atoms with Crippen LogP contribution in [0.1, 0.15) is 5.56 Å². The number of rotatable bonds is 3. The number of nitrogens with two attached hydrogens (primary N) is 1. The van der Waals surface area contributed by atoms with Gasteiger partial charge in [0.05, 0.1) is 31.8 Å². The highest BCUT2D eigenvalue weighted by Gasteiger charge is 2.35. The summed E-state index contributed by atoms with van der Waals surface area (Å²) in [6.07, 6.45) is -2.43. The topological polar surface area (TPSA) is 61.8 Å². The molecular formula is C16H13F4N3O2. The highest BCUT2D eigenvalue weighted by molar-refractivity contribution is 5.71. The first-order valence-electron chi connectivity index (χ1n) is 7.02. The van der Waals surface area contributed by atoms with Crippen molar-refractivity contribution in [1.29, 1.82) is 0 Å². The number of methoxy groups -OCH3 is 2. The summed E-state index contributed by atoms with van der Waals surface area (Å²) in [5, 5.41) is 0. The molecule has 0 fully saturated rings. The van der Waals surface area contributed by atoms with E-state index in [4.69, 9.17) is 15.2 Å². The Balaban J connectivity index is 2.25. The van der Waals surface area contributed by atoms with Crippen LogP contribution >= 0.6 is 0 Å². The van der Waals surface area contributed by atoms with Gasteiger partial charge in [-0.05, 0) is 12.1 Å². The molecule has 132 valence electrons. The molecule has 5 nitrogen and oxygen atoms in total. The molecule has 3 rings (SSSR count). The zero-order chi connectivity index (χ0) is 18.4. The van der Waals surface area contributed by atoms with Gasteiger partial charge in [-0.15, -0.1) is 0 Å². The third kappa shape index (κ3) is 2.81. The van der Waals surface area contributed by atoms with Gasteiger partial charge in [-0.2, -0.15) is 13.2 Å². The summed E-state index contributed by atoms with van der Waals surface area (Å²) in [6.45, 7) is 0. The van der Waals surface area contributed by atoms with Crippen molar-refractivity contribution in [2.24, 2.45) is 0 Å². The Labute approximate surface area is 139 Å². The summed E-state index contributed by atoms with van der Waals surface area (Å²) in [7, 11) is 2.41. The molecule has 0 atom stereocenters. The Hall–Kier alpha value is -2.97. The SMILES string of the molecule is COc1cc2ncc(-c3cc(N)c(OC)c(F)c3)n2cc1C(F)(F)F. The number of hydrogen-bond acceptors (Lipinski definition) is 4. The zero-order valence-electron chi connectivity index (χ0n) is 13.2. The molecule has 25 heavy (non-hydrogen) atoms. The van der Waals surface area contributed by atoms with E-state index in [0.717, 1.165) is 25.4 Å². The molecule has 0 bridgehead atoms. The second-order valence-corrected chi connectivity index (χ2v) is 5.21. The van der Waals surface area contributed by atoms with Crippen LogP contribution < -0.4 is 15.2 Å². The first-order chi connectivity index (χ1) is 11.8. The van der Waals surface area contributed by atoms with Gasteiger partial charge < -0.3 is 15.2 Å². The third-order valence-electron chi connectivity index (χ3n) is 3.71. The Morgan fingerprint density at radius 2 is 1.84 bits per heavy atom. The molecule has 0 aliphatic rings. The third-order valence-corrected chi connectivity index (χ3v) is 3.71. The van der Waals surface area contributed by atoms with Crippen LogP contribution in [-0.2, 0) is 6.18 Å². The summed E-state index contributed by atoms with van der Waals surface area (Å²) >= 11 is 0. The van der Waals surface area contributed by atoms with Gasteiger partial charge in [-0.3, -0.25) is 4.40 Å². The van der Waals surface area contributed by atoms with Gasteiger partial charge in [-0.25, -0.2) is 9.37 Å². The first-order valence-corrected chi connectivity index (χ1v) is 7.02. The average Bonchev–Trinajstić information content (AvgIpc) is 2.95. The Morgan fingerprint density at radius 1 is 1.12 bits per heavy atom. The monoisotopic (exact) mass is 355 g/mol.